The molecule has 1 aromatic heterocycles. The number of ether oxygens (including phenoxy) is 1. The molecule has 0 unspecified atom stereocenters. The number of anilines is 2. The highest BCUT2D eigenvalue weighted by Gasteiger charge is 2.09. The van der Waals surface area contributed by atoms with Crippen LogP contribution >= 0.6 is 35.2 Å². The van der Waals surface area contributed by atoms with Gasteiger partial charge in [-0.15, -0.1) is 5.10 Å². The Kier molecular flexibility index (Phi) is 6.79. The summed E-state index contributed by atoms with van der Waals surface area (Å²) >= 11 is 13.0. The highest BCUT2D eigenvalue weighted by Crippen LogP contribution is 2.26. The van der Waals surface area contributed by atoms with Crippen molar-refractivity contribution in [1.82, 2.24) is 14.7 Å². The minimum absolute atomic E-state index is 0.341. The van der Waals surface area contributed by atoms with Gasteiger partial charge < -0.3 is 10.1 Å². The molecule has 0 amide bonds. The van der Waals surface area contributed by atoms with Crippen molar-refractivity contribution in [2.45, 2.75) is 13.2 Å². The molecule has 1 N–H and O–H groups in total. The number of esters is 1. The van der Waals surface area contributed by atoms with Crippen LogP contribution in [0.1, 0.15) is 15.9 Å². The Hall–Kier alpha value is -2.26. The van der Waals surface area contributed by atoms with Crippen LogP contribution in [0.2, 0.25) is 5.02 Å². The summed E-state index contributed by atoms with van der Waals surface area (Å²) in [6, 6.07) is 14.8. The average Bonchev–Trinajstić information content (AvgIpc) is 3.02. The predicted octanol–water partition coefficient (Wildman–Crippen LogP) is 4.95. The van der Waals surface area contributed by atoms with E-state index in [4.69, 9.17) is 28.6 Å². The van der Waals surface area contributed by atoms with Crippen molar-refractivity contribution >= 4 is 51.9 Å². The maximum atomic E-state index is 11.5. The number of nitrogens with one attached hydrogen (secondary N) is 1. The Morgan fingerprint density at radius 2 is 2.00 bits per heavy atom. The molecule has 9 heteroatoms. The van der Waals surface area contributed by atoms with Gasteiger partial charge in [0, 0.05) is 6.54 Å². The Balaban J connectivity index is 1.63. The minimum atomic E-state index is -0.341. The molecule has 3 aromatic rings. The number of methoxy groups -OCH3 is 1. The van der Waals surface area contributed by atoms with Gasteiger partial charge in [-0.1, -0.05) is 47.2 Å². The standard InChI is InChI=1S/C19H19ClN4O2S2/c1-23(11-13-7-9-14(10-8-13)17(25)26-2)12-24-19(27)28-18(22-24)21-16-6-4-3-5-15(16)20/h3-10H,11-12H2,1-2H3,(H,21,22). The molecule has 0 atom stereocenters. The first-order chi connectivity index (χ1) is 13.5. The molecule has 0 aliphatic heterocycles. The van der Waals surface area contributed by atoms with E-state index < -0.39 is 0 Å². The summed E-state index contributed by atoms with van der Waals surface area (Å²) in [7, 11) is 3.35. The van der Waals surface area contributed by atoms with Crippen LogP contribution in [0.25, 0.3) is 0 Å². The molecule has 6 nitrogen and oxygen atoms in total. The fraction of sp³-hybridized carbons (Fsp3) is 0.211. The molecule has 146 valence electrons. The van der Waals surface area contributed by atoms with Crippen molar-refractivity contribution in [1.29, 1.82) is 0 Å². The highest BCUT2D eigenvalue weighted by molar-refractivity contribution is 7.73. The number of rotatable bonds is 7. The van der Waals surface area contributed by atoms with Gasteiger partial charge in [0.2, 0.25) is 5.13 Å². The molecule has 2 aromatic carbocycles. The molecule has 28 heavy (non-hydrogen) atoms. The van der Waals surface area contributed by atoms with Gasteiger partial charge in [0.1, 0.15) is 0 Å². The summed E-state index contributed by atoms with van der Waals surface area (Å²) in [5.74, 6) is -0.341. The second-order valence-electron chi connectivity index (χ2n) is 6.12. The van der Waals surface area contributed by atoms with Gasteiger partial charge in [0.15, 0.2) is 3.95 Å². The molecule has 3 rings (SSSR count). The van der Waals surface area contributed by atoms with Crippen molar-refractivity contribution in [3.05, 3.63) is 68.6 Å². The third-order valence-corrected chi connectivity index (χ3v) is 5.48. The fourth-order valence-electron chi connectivity index (χ4n) is 2.58. The smallest absolute Gasteiger partial charge is 0.337 e. The number of carbonyl (C=O) groups excluding carboxylic acids is 1. The Labute approximate surface area is 177 Å². The maximum absolute atomic E-state index is 11.5. The number of benzene rings is 2. The number of halogens is 1. The maximum Gasteiger partial charge on any atom is 0.337 e. The van der Waals surface area contributed by atoms with Crippen LogP contribution in [0.3, 0.4) is 0 Å². The summed E-state index contributed by atoms with van der Waals surface area (Å²) in [6.45, 7) is 1.23. The molecule has 0 fully saturated rings. The third kappa shape index (κ3) is 5.17. The van der Waals surface area contributed by atoms with Crippen LogP contribution < -0.4 is 5.32 Å². The summed E-state index contributed by atoms with van der Waals surface area (Å²) in [6.07, 6.45) is 0. The number of nitrogens with zero attached hydrogens (tertiary/aromatic N) is 3. The van der Waals surface area contributed by atoms with Gasteiger partial charge >= 0.3 is 5.97 Å². The van der Waals surface area contributed by atoms with Crippen LogP contribution in [0, 0.1) is 3.95 Å². The Morgan fingerprint density at radius 1 is 1.29 bits per heavy atom. The van der Waals surface area contributed by atoms with Gasteiger partial charge in [-0.2, -0.15) is 0 Å². The molecular formula is C19H19ClN4O2S2. The molecule has 0 bridgehead atoms. The van der Waals surface area contributed by atoms with E-state index in [-0.39, 0.29) is 5.97 Å². The highest BCUT2D eigenvalue weighted by atomic mass is 35.5. The van der Waals surface area contributed by atoms with Crippen LogP contribution in [-0.4, -0.2) is 34.8 Å². The van der Waals surface area contributed by atoms with E-state index in [0.717, 1.165) is 11.3 Å². The molecule has 0 saturated heterocycles. The van der Waals surface area contributed by atoms with E-state index >= 15 is 0 Å². The van der Waals surface area contributed by atoms with Gasteiger partial charge in [0.05, 0.1) is 30.1 Å². The normalized spacial score (nSPS) is 10.9. The zero-order valence-electron chi connectivity index (χ0n) is 15.4. The number of aromatic nitrogens is 2. The van der Waals surface area contributed by atoms with E-state index in [0.29, 0.717) is 32.9 Å². The van der Waals surface area contributed by atoms with Crippen LogP contribution in [0.4, 0.5) is 10.8 Å². The molecule has 0 spiro atoms. The number of carbonyl (C=O) groups is 1. The Morgan fingerprint density at radius 3 is 2.68 bits per heavy atom. The lowest BCUT2D eigenvalue weighted by molar-refractivity contribution is 0.0600. The van der Waals surface area contributed by atoms with E-state index in [1.165, 1.54) is 18.4 Å². The van der Waals surface area contributed by atoms with Crippen molar-refractivity contribution in [2.24, 2.45) is 0 Å². The summed E-state index contributed by atoms with van der Waals surface area (Å²) in [5, 5.41) is 9.06. The number of hydrogen-bond acceptors (Lipinski definition) is 7. The lowest BCUT2D eigenvalue weighted by Gasteiger charge is -2.16. The zero-order chi connectivity index (χ0) is 20.1. The second-order valence-corrected chi connectivity index (χ2v) is 8.15. The SMILES string of the molecule is COC(=O)c1ccc(CN(C)Cn2nc(Nc3ccccc3Cl)sc2=S)cc1. The number of hydrogen-bond donors (Lipinski definition) is 1. The van der Waals surface area contributed by atoms with Gasteiger partial charge in [-0.25, -0.2) is 9.48 Å². The van der Waals surface area contributed by atoms with Crippen molar-refractivity contribution < 1.29 is 9.53 Å². The van der Waals surface area contributed by atoms with Crippen molar-refractivity contribution in [2.75, 3.05) is 19.5 Å². The molecule has 0 saturated carbocycles. The van der Waals surface area contributed by atoms with Crippen LogP contribution in [0.5, 0.6) is 0 Å². The summed E-state index contributed by atoms with van der Waals surface area (Å²) in [5.41, 5.74) is 2.40. The zero-order valence-corrected chi connectivity index (χ0v) is 17.8. The summed E-state index contributed by atoms with van der Waals surface area (Å²) < 4.78 is 7.15. The van der Waals surface area contributed by atoms with Gasteiger partial charge in [0.25, 0.3) is 0 Å². The first kappa shape index (κ1) is 20.5. The fourth-order valence-corrected chi connectivity index (χ4v) is 3.77. The van der Waals surface area contributed by atoms with Crippen molar-refractivity contribution in [3.63, 3.8) is 0 Å². The predicted molar refractivity (Wildman–Crippen MR) is 115 cm³/mol. The quantitative estimate of drug-likeness (QED) is 0.419. The van der Waals surface area contributed by atoms with Crippen LogP contribution in [-0.2, 0) is 18.0 Å². The lowest BCUT2D eigenvalue weighted by atomic mass is 10.1. The van der Waals surface area contributed by atoms with E-state index in [2.05, 4.69) is 15.3 Å². The monoisotopic (exact) mass is 434 g/mol. The average molecular weight is 435 g/mol. The van der Waals surface area contributed by atoms with Crippen molar-refractivity contribution in [3.8, 4) is 0 Å². The molecule has 0 radical (unpaired) electrons. The first-order valence-electron chi connectivity index (χ1n) is 8.41. The van der Waals surface area contributed by atoms with E-state index in [1.54, 1.807) is 16.8 Å². The lowest BCUT2D eigenvalue weighted by Crippen LogP contribution is -2.22. The first-order valence-corrected chi connectivity index (χ1v) is 10.0. The van der Waals surface area contributed by atoms with Gasteiger partial charge in [-0.3, -0.25) is 4.90 Å². The topological polar surface area (TPSA) is 59.4 Å². The van der Waals surface area contributed by atoms with Crippen LogP contribution in [0.15, 0.2) is 48.5 Å². The van der Waals surface area contributed by atoms with Gasteiger partial charge in [-0.05, 0) is 49.1 Å². The molecule has 1 heterocycles. The minimum Gasteiger partial charge on any atom is -0.465 e. The number of para-hydroxylation sites is 1. The summed E-state index contributed by atoms with van der Waals surface area (Å²) in [4.78, 5) is 13.6. The molecule has 0 aliphatic rings. The van der Waals surface area contributed by atoms with E-state index in [9.17, 15) is 4.79 Å². The van der Waals surface area contributed by atoms with E-state index in [1.807, 2.05) is 43.4 Å². The molecular weight excluding hydrogens is 416 g/mol. The largest absolute Gasteiger partial charge is 0.465 e. The molecule has 0 aliphatic carbocycles. The Bertz CT molecular complexity index is 1020. The second kappa shape index (κ2) is 9.29. The third-order valence-electron chi connectivity index (χ3n) is 3.92.